The summed E-state index contributed by atoms with van der Waals surface area (Å²) in [4.78, 5) is 1.94. The topological polar surface area (TPSA) is 43.7 Å². The minimum absolute atomic E-state index is 0.149. The molecule has 2 unspecified atom stereocenters. The summed E-state index contributed by atoms with van der Waals surface area (Å²) in [6.07, 6.45) is -0.706. The van der Waals surface area contributed by atoms with Crippen molar-refractivity contribution in [2.24, 2.45) is 0 Å². The zero-order valence-corrected chi connectivity index (χ0v) is 7.12. The lowest BCUT2D eigenvalue weighted by atomic mass is 10.1. The van der Waals surface area contributed by atoms with Gasteiger partial charge in [0.2, 0.25) is 0 Å². The second-order valence-electron chi connectivity index (χ2n) is 3.25. The van der Waals surface area contributed by atoms with Crippen molar-refractivity contribution in [1.82, 2.24) is 4.90 Å². The van der Waals surface area contributed by atoms with Gasteiger partial charge < -0.3 is 15.1 Å². The van der Waals surface area contributed by atoms with Gasteiger partial charge in [-0.3, -0.25) is 0 Å². The van der Waals surface area contributed by atoms with E-state index in [2.05, 4.69) is 0 Å². The van der Waals surface area contributed by atoms with Crippen molar-refractivity contribution < 1.29 is 14.6 Å². The van der Waals surface area contributed by atoms with E-state index in [0.717, 1.165) is 13.1 Å². The van der Waals surface area contributed by atoms with Gasteiger partial charge in [0.05, 0.1) is 6.10 Å². The van der Waals surface area contributed by atoms with E-state index in [9.17, 15) is 4.39 Å². The smallest absolute Gasteiger partial charge is 0.138 e. The molecule has 1 fully saturated rings. The van der Waals surface area contributed by atoms with E-state index in [-0.39, 0.29) is 6.61 Å². The molecular formula is C8H16FNO2. The summed E-state index contributed by atoms with van der Waals surface area (Å²) < 4.78 is 12.9. The van der Waals surface area contributed by atoms with Crippen molar-refractivity contribution in [2.45, 2.75) is 25.1 Å². The van der Waals surface area contributed by atoms with Gasteiger partial charge in [0.1, 0.15) is 6.17 Å². The number of piperidine rings is 1. The molecule has 12 heavy (non-hydrogen) atoms. The highest BCUT2D eigenvalue weighted by molar-refractivity contribution is 4.79. The molecule has 72 valence electrons. The molecule has 0 bridgehead atoms. The first-order chi connectivity index (χ1) is 5.74. The number of hydrogen-bond acceptors (Lipinski definition) is 3. The summed E-state index contributed by atoms with van der Waals surface area (Å²) in [6, 6.07) is 0. The van der Waals surface area contributed by atoms with Crippen LogP contribution in [0.1, 0.15) is 12.8 Å². The fraction of sp³-hybridized carbons (Fsp3) is 1.00. The van der Waals surface area contributed by atoms with E-state index >= 15 is 0 Å². The number of likely N-dealkylation sites (tertiary alicyclic amines) is 1. The molecule has 0 aromatic heterocycles. The van der Waals surface area contributed by atoms with Crippen LogP contribution in [0.4, 0.5) is 4.39 Å². The maximum absolute atomic E-state index is 12.9. The predicted molar refractivity (Wildman–Crippen MR) is 43.7 cm³/mol. The van der Waals surface area contributed by atoms with Gasteiger partial charge in [-0.05, 0) is 12.8 Å². The molecule has 1 aliphatic heterocycles. The molecule has 2 atom stereocenters. The minimum Gasteiger partial charge on any atom is -0.396 e. The van der Waals surface area contributed by atoms with E-state index in [4.69, 9.17) is 10.2 Å². The molecule has 1 heterocycles. The van der Waals surface area contributed by atoms with Crippen LogP contribution in [0, 0.1) is 0 Å². The Kier molecular flexibility index (Phi) is 3.91. The lowest BCUT2D eigenvalue weighted by Gasteiger charge is -2.31. The Bertz CT molecular complexity index is 132. The summed E-state index contributed by atoms with van der Waals surface area (Å²) in [5, 5.41) is 17.6. The van der Waals surface area contributed by atoms with Crippen molar-refractivity contribution in [2.75, 3.05) is 26.2 Å². The lowest BCUT2D eigenvalue weighted by molar-refractivity contribution is 0.00516. The molecule has 0 amide bonds. The van der Waals surface area contributed by atoms with Gasteiger partial charge in [-0.15, -0.1) is 0 Å². The molecule has 2 N–H and O–H groups in total. The third kappa shape index (κ3) is 2.69. The zero-order valence-electron chi connectivity index (χ0n) is 7.12. The Morgan fingerprint density at radius 3 is 2.83 bits per heavy atom. The molecule has 0 spiro atoms. The Balaban J connectivity index is 2.21. The number of halogens is 1. The van der Waals surface area contributed by atoms with E-state index in [0.29, 0.717) is 19.4 Å². The van der Waals surface area contributed by atoms with Crippen LogP contribution in [0.25, 0.3) is 0 Å². The van der Waals surface area contributed by atoms with Crippen LogP contribution in [0.15, 0.2) is 0 Å². The summed E-state index contributed by atoms with van der Waals surface area (Å²) >= 11 is 0. The Hall–Kier alpha value is -0.190. The van der Waals surface area contributed by atoms with E-state index < -0.39 is 12.3 Å². The van der Waals surface area contributed by atoms with Gasteiger partial charge in [-0.1, -0.05) is 0 Å². The van der Waals surface area contributed by atoms with Crippen molar-refractivity contribution in [3.05, 3.63) is 0 Å². The highest BCUT2D eigenvalue weighted by Gasteiger charge is 2.26. The predicted octanol–water partition coefficient (Wildman–Crippen LogP) is -0.227. The number of aliphatic hydroxyl groups is 2. The maximum atomic E-state index is 12.9. The van der Waals surface area contributed by atoms with Gasteiger partial charge >= 0.3 is 0 Å². The maximum Gasteiger partial charge on any atom is 0.138 e. The van der Waals surface area contributed by atoms with Crippen LogP contribution in [-0.4, -0.2) is 53.6 Å². The average Bonchev–Trinajstić information content (AvgIpc) is 2.07. The van der Waals surface area contributed by atoms with Gasteiger partial charge in [-0.2, -0.15) is 0 Å². The number of nitrogens with zero attached hydrogens (tertiary/aromatic N) is 1. The molecule has 0 radical (unpaired) electrons. The van der Waals surface area contributed by atoms with Crippen molar-refractivity contribution in [3.8, 4) is 0 Å². The molecule has 0 aromatic rings. The van der Waals surface area contributed by atoms with Crippen molar-refractivity contribution in [3.63, 3.8) is 0 Å². The highest BCUT2D eigenvalue weighted by Crippen LogP contribution is 2.13. The fourth-order valence-electron chi connectivity index (χ4n) is 1.45. The molecule has 0 aliphatic carbocycles. The molecule has 0 saturated carbocycles. The molecule has 3 nitrogen and oxygen atoms in total. The Morgan fingerprint density at radius 1 is 1.50 bits per heavy atom. The Labute approximate surface area is 71.8 Å². The third-order valence-corrected chi connectivity index (χ3v) is 2.22. The monoisotopic (exact) mass is 177 g/mol. The largest absolute Gasteiger partial charge is 0.396 e. The molecule has 0 aromatic carbocycles. The summed E-state index contributed by atoms with van der Waals surface area (Å²) in [5.41, 5.74) is 0. The molecule has 1 saturated heterocycles. The lowest BCUT2D eigenvalue weighted by Crippen LogP contribution is -2.44. The SMILES string of the molecule is OCCCN1CCC(O)C(F)C1. The first-order valence-corrected chi connectivity index (χ1v) is 4.39. The van der Waals surface area contributed by atoms with Gasteiger partial charge in [-0.25, -0.2) is 4.39 Å². The number of aliphatic hydroxyl groups excluding tert-OH is 2. The van der Waals surface area contributed by atoms with Gasteiger partial charge in [0.25, 0.3) is 0 Å². The summed E-state index contributed by atoms with van der Waals surface area (Å²) in [6.45, 7) is 1.92. The fourth-order valence-corrected chi connectivity index (χ4v) is 1.45. The summed E-state index contributed by atoms with van der Waals surface area (Å²) in [7, 11) is 0. The van der Waals surface area contributed by atoms with Crippen LogP contribution in [0.5, 0.6) is 0 Å². The number of hydrogen-bond donors (Lipinski definition) is 2. The van der Waals surface area contributed by atoms with Gasteiger partial charge in [0.15, 0.2) is 0 Å². The normalized spacial score (nSPS) is 32.2. The molecule has 4 heteroatoms. The third-order valence-electron chi connectivity index (χ3n) is 2.22. The van der Waals surface area contributed by atoms with Crippen LogP contribution >= 0.6 is 0 Å². The Morgan fingerprint density at radius 2 is 2.25 bits per heavy atom. The van der Waals surface area contributed by atoms with E-state index in [1.807, 2.05) is 4.90 Å². The standard InChI is InChI=1S/C8H16FNO2/c9-7-6-10(3-1-5-11)4-2-8(7)12/h7-8,11-12H,1-6H2. The summed E-state index contributed by atoms with van der Waals surface area (Å²) in [5.74, 6) is 0. The molecular weight excluding hydrogens is 161 g/mol. The quantitative estimate of drug-likeness (QED) is 0.626. The first kappa shape index (κ1) is 9.89. The van der Waals surface area contributed by atoms with Crippen LogP contribution in [-0.2, 0) is 0 Å². The minimum atomic E-state index is -1.11. The molecule has 1 aliphatic rings. The van der Waals surface area contributed by atoms with Crippen LogP contribution in [0.3, 0.4) is 0 Å². The van der Waals surface area contributed by atoms with Crippen LogP contribution < -0.4 is 0 Å². The number of alkyl halides is 1. The highest BCUT2D eigenvalue weighted by atomic mass is 19.1. The second-order valence-corrected chi connectivity index (χ2v) is 3.25. The zero-order chi connectivity index (χ0) is 8.97. The van der Waals surface area contributed by atoms with E-state index in [1.165, 1.54) is 0 Å². The van der Waals surface area contributed by atoms with Gasteiger partial charge in [0, 0.05) is 26.2 Å². The van der Waals surface area contributed by atoms with Crippen LogP contribution in [0.2, 0.25) is 0 Å². The van der Waals surface area contributed by atoms with E-state index in [1.54, 1.807) is 0 Å². The van der Waals surface area contributed by atoms with Crippen molar-refractivity contribution in [1.29, 1.82) is 0 Å². The molecule has 1 rings (SSSR count). The van der Waals surface area contributed by atoms with Crippen molar-refractivity contribution >= 4 is 0 Å². The average molecular weight is 177 g/mol. The first-order valence-electron chi connectivity index (χ1n) is 4.39. The number of rotatable bonds is 3. The second kappa shape index (κ2) is 4.74.